The zero-order chi connectivity index (χ0) is 16.9. The van der Waals surface area contributed by atoms with Crippen LogP contribution in [0, 0.1) is 0 Å². The predicted molar refractivity (Wildman–Crippen MR) is 94.5 cm³/mol. The highest BCUT2D eigenvalue weighted by Crippen LogP contribution is 2.17. The highest BCUT2D eigenvalue weighted by Gasteiger charge is 2.19. The second-order valence-corrected chi connectivity index (χ2v) is 5.73. The fourth-order valence-corrected chi connectivity index (χ4v) is 2.81. The van der Waals surface area contributed by atoms with E-state index in [0.29, 0.717) is 12.5 Å². The standard InChI is InChI=1S/C17H19N7O/c1-2-6-18-15(5-1)23-7-9-24(10-8-23)16-13-20-22-17(21-16)19-12-14-4-3-11-25-14/h1-6,11,13H,7-10,12H2,(H,19,21,22). The zero-order valence-corrected chi connectivity index (χ0v) is 13.7. The van der Waals surface area contributed by atoms with Gasteiger partial charge in [0.2, 0.25) is 5.95 Å². The van der Waals surface area contributed by atoms with E-state index in [1.54, 1.807) is 12.5 Å². The van der Waals surface area contributed by atoms with Crippen molar-refractivity contribution in [3.05, 3.63) is 54.7 Å². The molecule has 8 heteroatoms. The first-order valence-corrected chi connectivity index (χ1v) is 8.25. The summed E-state index contributed by atoms with van der Waals surface area (Å²) in [4.78, 5) is 13.5. The number of nitrogens with one attached hydrogen (secondary N) is 1. The largest absolute Gasteiger partial charge is 0.467 e. The van der Waals surface area contributed by atoms with Gasteiger partial charge in [-0.1, -0.05) is 6.07 Å². The molecule has 0 aromatic carbocycles. The summed E-state index contributed by atoms with van der Waals surface area (Å²) in [7, 11) is 0. The Labute approximate surface area is 145 Å². The average molecular weight is 337 g/mol. The van der Waals surface area contributed by atoms with Crippen LogP contribution in [-0.4, -0.2) is 46.3 Å². The Hall–Kier alpha value is -3.16. The zero-order valence-electron chi connectivity index (χ0n) is 13.7. The average Bonchev–Trinajstić information content (AvgIpc) is 3.21. The van der Waals surface area contributed by atoms with Gasteiger partial charge in [-0.2, -0.15) is 10.1 Å². The van der Waals surface area contributed by atoms with Gasteiger partial charge in [0.1, 0.15) is 11.6 Å². The van der Waals surface area contributed by atoms with E-state index >= 15 is 0 Å². The van der Waals surface area contributed by atoms with Gasteiger partial charge in [-0.05, 0) is 24.3 Å². The number of nitrogens with zero attached hydrogens (tertiary/aromatic N) is 6. The molecule has 0 unspecified atom stereocenters. The number of pyridine rings is 1. The Balaban J connectivity index is 1.37. The highest BCUT2D eigenvalue weighted by molar-refractivity contribution is 5.45. The summed E-state index contributed by atoms with van der Waals surface area (Å²) in [6, 6.07) is 9.75. The van der Waals surface area contributed by atoms with Gasteiger partial charge >= 0.3 is 0 Å². The Morgan fingerprint density at radius 2 is 1.84 bits per heavy atom. The molecular formula is C17H19N7O. The fraction of sp³-hybridized carbons (Fsp3) is 0.294. The fourth-order valence-electron chi connectivity index (χ4n) is 2.81. The maximum atomic E-state index is 5.30. The van der Waals surface area contributed by atoms with Gasteiger partial charge in [0, 0.05) is 32.4 Å². The highest BCUT2D eigenvalue weighted by atomic mass is 16.3. The van der Waals surface area contributed by atoms with Gasteiger partial charge in [0.05, 0.1) is 19.0 Å². The Bertz CT molecular complexity index is 786. The predicted octanol–water partition coefficient (Wildman–Crippen LogP) is 1.80. The summed E-state index contributed by atoms with van der Waals surface area (Å²) in [6.45, 7) is 4.07. The molecule has 0 radical (unpaired) electrons. The topological polar surface area (TPSA) is 83.2 Å². The van der Waals surface area contributed by atoms with E-state index in [2.05, 4.69) is 35.3 Å². The molecule has 4 rings (SSSR count). The van der Waals surface area contributed by atoms with E-state index in [1.807, 2.05) is 36.5 Å². The van der Waals surface area contributed by atoms with Crippen molar-refractivity contribution in [2.45, 2.75) is 6.54 Å². The van der Waals surface area contributed by atoms with Crippen LogP contribution in [0.5, 0.6) is 0 Å². The quantitative estimate of drug-likeness (QED) is 0.754. The molecule has 0 atom stereocenters. The monoisotopic (exact) mass is 337 g/mol. The van der Waals surface area contributed by atoms with Crippen molar-refractivity contribution in [3.8, 4) is 0 Å². The molecule has 1 N–H and O–H groups in total. The lowest BCUT2D eigenvalue weighted by atomic mass is 10.3. The lowest BCUT2D eigenvalue weighted by Crippen LogP contribution is -2.47. The maximum Gasteiger partial charge on any atom is 0.245 e. The Kier molecular flexibility index (Phi) is 4.40. The number of hydrogen-bond donors (Lipinski definition) is 1. The van der Waals surface area contributed by atoms with Crippen LogP contribution in [0.15, 0.2) is 53.4 Å². The first-order valence-electron chi connectivity index (χ1n) is 8.25. The molecule has 0 amide bonds. The molecule has 8 nitrogen and oxygen atoms in total. The minimum atomic E-state index is 0.501. The van der Waals surface area contributed by atoms with Crippen LogP contribution < -0.4 is 15.1 Å². The Morgan fingerprint density at radius 1 is 1.00 bits per heavy atom. The molecule has 4 heterocycles. The van der Waals surface area contributed by atoms with Crippen molar-refractivity contribution in [3.63, 3.8) is 0 Å². The van der Waals surface area contributed by atoms with Crippen molar-refractivity contribution >= 4 is 17.6 Å². The van der Waals surface area contributed by atoms with Crippen LogP contribution in [-0.2, 0) is 6.54 Å². The van der Waals surface area contributed by atoms with Gasteiger partial charge in [0.25, 0.3) is 0 Å². The maximum absolute atomic E-state index is 5.30. The number of piperazine rings is 1. The first kappa shape index (κ1) is 15.4. The van der Waals surface area contributed by atoms with E-state index in [1.165, 1.54) is 0 Å². The summed E-state index contributed by atoms with van der Waals surface area (Å²) in [5, 5.41) is 11.2. The number of anilines is 3. The summed E-state index contributed by atoms with van der Waals surface area (Å²) < 4.78 is 5.30. The molecule has 128 valence electrons. The van der Waals surface area contributed by atoms with E-state index < -0.39 is 0 Å². The lowest BCUT2D eigenvalue weighted by molar-refractivity contribution is 0.517. The summed E-state index contributed by atoms with van der Waals surface area (Å²) in [5.41, 5.74) is 0. The van der Waals surface area contributed by atoms with Crippen molar-refractivity contribution in [1.82, 2.24) is 20.2 Å². The lowest BCUT2D eigenvalue weighted by Gasteiger charge is -2.35. The van der Waals surface area contributed by atoms with E-state index in [-0.39, 0.29) is 0 Å². The molecule has 1 saturated heterocycles. The van der Waals surface area contributed by atoms with Gasteiger partial charge in [-0.3, -0.25) is 0 Å². The number of hydrogen-bond acceptors (Lipinski definition) is 8. The van der Waals surface area contributed by atoms with E-state index in [0.717, 1.165) is 43.6 Å². The molecule has 0 bridgehead atoms. The van der Waals surface area contributed by atoms with Crippen LogP contribution in [0.4, 0.5) is 17.6 Å². The van der Waals surface area contributed by atoms with Crippen LogP contribution >= 0.6 is 0 Å². The molecular weight excluding hydrogens is 318 g/mol. The molecule has 0 saturated carbocycles. The SMILES string of the molecule is c1ccc(N2CCN(c3cnnc(NCc4ccco4)n3)CC2)nc1. The summed E-state index contributed by atoms with van der Waals surface area (Å²) in [5.74, 6) is 3.18. The van der Waals surface area contributed by atoms with Crippen molar-refractivity contribution in [1.29, 1.82) is 0 Å². The second-order valence-electron chi connectivity index (χ2n) is 5.73. The molecule has 1 aliphatic heterocycles. The van der Waals surface area contributed by atoms with E-state index in [9.17, 15) is 0 Å². The normalized spacial score (nSPS) is 14.6. The van der Waals surface area contributed by atoms with Gasteiger partial charge in [-0.25, -0.2) is 4.98 Å². The third-order valence-corrected chi connectivity index (χ3v) is 4.12. The van der Waals surface area contributed by atoms with Crippen LogP contribution in [0.2, 0.25) is 0 Å². The third-order valence-electron chi connectivity index (χ3n) is 4.12. The number of rotatable bonds is 5. The second kappa shape index (κ2) is 7.16. The molecule has 3 aromatic heterocycles. The van der Waals surface area contributed by atoms with Gasteiger partial charge in [0.15, 0.2) is 5.82 Å². The molecule has 1 aliphatic rings. The number of furan rings is 1. The third kappa shape index (κ3) is 3.68. The first-order chi connectivity index (χ1) is 12.4. The van der Waals surface area contributed by atoms with Gasteiger partial charge in [-0.15, -0.1) is 5.10 Å². The van der Waals surface area contributed by atoms with Crippen molar-refractivity contribution in [2.24, 2.45) is 0 Å². The van der Waals surface area contributed by atoms with Crippen LogP contribution in [0.25, 0.3) is 0 Å². The van der Waals surface area contributed by atoms with Crippen molar-refractivity contribution < 1.29 is 4.42 Å². The molecule has 0 aliphatic carbocycles. The summed E-state index contributed by atoms with van der Waals surface area (Å²) in [6.07, 6.45) is 5.18. The molecule has 3 aromatic rings. The van der Waals surface area contributed by atoms with E-state index in [4.69, 9.17) is 4.42 Å². The Morgan fingerprint density at radius 3 is 2.56 bits per heavy atom. The van der Waals surface area contributed by atoms with Crippen LogP contribution in [0.1, 0.15) is 5.76 Å². The summed E-state index contributed by atoms with van der Waals surface area (Å²) >= 11 is 0. The minimum absolute atomic E-state index is 0.501. The smallest absolute Gasteiger partial charge is 0.245 e. The van der Waals surface area contributed by atoms with Gasteiger partial charge < -0.3 is 19.5 Å². The van der Waals surface area contributed by atoms with Crippen molar-refractivity contribution in [2.75, 3.05) is 41.3 Å². The van der Waals surface area contributed by atoms with Crippen LogP contribution in [0.3, 0.4) is 0 Å². The molecule has 0 spiro atoms. The molecule has 25 heavy (non-hydrogen) atoms. The molecule has 1 fully saturated rings. The minimum Gasteiger partial charge on any atom is -0.467 e. The number of aromatic nitrogens is 4.